The highest BCUT2D eigenvalue weighted by atomic mass is 16.5. The van der Waals surface area contributed by atoms with Gasteiger partial charge in [-0.15, -0.1) is 0 Å². The first kappa shape index (κ1) is 16.8. The van der Waals surface area contributed by atoms with E-state index in [2.05, 4.69) is 0 Å². The van der Waals surface area contributed by atoms with Crippen LogP contribution in [0.15, 0.2) is 24.3 Å². The third-order valence-electron chi connectivity index (χ3n) is 2.42. The van der Waals surface area contributed by atoms with Gasteiger partial charge in [0.1, 0.15) is 18.5 Å². The lowest BCUT2D eigenvalue weighted by Gasteiger charge is -2.19. The average Bonchev–Trinajstić information content (AvgIpc) is 2.36. The van der Waals surface area contributed by atoms with Crippen LogP contribution in [0.25, 0.3) is 0 Å². The van der Waals surface area contributed by atoms with Crippen molar-refractivity contribution >= 4 is 5.69 Å². The summed E-state index contributed by atoms with van der Waals surface area (Å²) in [5, 5.41) is 9.73. The summed E-state index contributed by atoms with van der Waals surface area (Å²) in [7, 11) is 0. The minimum atomic E-state index is -0.691. The Morgan fingerprint density at radius 3 is 2.50 bits per heavy atom. The van der Waals surface area contributed by atoms with Crippen LogP contribution in [0.4, 0.5) is 5.69 Å². The molecule has 0 radical (unpaired) electrons. The normalized spacial score (nSPS) is 13.2. The molecule has 0 aliphatic carbocycles. The minimum Gasteiger partial charge on any atom is -0.489 e. The molecule has 0 spiro atoms. The number of aliphatic hydroxyl groups excluding tert-OH is 1. The smallest absolute Gasteiger partial charge is 0.142 e. The van der Waals surface area contributed by atoms with Crippen LogP contribution in [0.5, 0.6) is 5.75 Å². The maximum Gasteiger partial charge on any atom is 0.142 e. The molecular weight excluding hydrogens is 258 g/mol. The standard InChI is InChI=1S/C15H25NO4/c1-15(2,3)20-9-8-18-10-12(17)11-19-14-7-5-4-6-13(14)16/h4-7,12,17H,8-11,16H2,1-3H3. The quantitative estimate of drug-likeness (QED) is 0.562. The fourth-order valence-corrected chi connectivity index (χ4v) is 1.47. The van der Waals surface area contributed by atoms with Crippen LogP contribution in [-0.4, -0.2) is 43.2 Å². The maximum absolute atomic E-state index is 9.73. The molecule has 0 amide bonds. The topological polar surface area (TPSA) is 73.9 Å². The van der Waals surface area contributed by atoms with Crippen molar-refractivity contribution in [3.63, 3.8) is 0 Å². The van der Waals surface area contributed by atoms with Gasteiger partial charge in [-0.25, -0.2) is 0 Å². The first-order valence-corrected chi connectivity index (χ1v) is 6.75. The highest BCUT2D eigenvalue weighted by molar-refractivity contribution is 5.51. The lowest BCUT2D eigenvalue weighted by atomic mass is 10.2. The first-order valence-electron chi connectivity index (χ1n) is 6.75. The van der Waals surface area contributed by atoms with Crippen LogP contribution in [0.2, 0.25) is 0 Å². The molecule has 3 N–H and O–H groups in total. The Kier molecular flexibility index (Phi) is 6.78. The highest BCUT2D eigenvalue weighted by Crippen LogP contribution is 2.19. The monoisotopic (exact) mass is 283 g/mol. The summed E-state index contributed by atoms with van der Waals surface area (Å²) in [5.74, 6) is 0.572. The molecule has 0 bridgehead atoms. The van der Waals surface area contributed by atoms with Crippen molar-refractivity contribution < 1.29 is 19.3 Å². The molecule has 0 saturated carbocycles. The number of hydrogen-bond acceptors (Lipinski definition) is 5. The second-order valence-corrected chi connectivity index (χ2v) is 5.54. The molecule has 20 heavy (non-hydrogen) atoms. The van der Waals surface area contributed by atoms with Gasteiger partial charge in [0.05, 0.1) is 31.1 Å². The molecule has 1 aromatic rings. The number of nitrogen functional groups attached to an aromatic ring is 1. The third kappa shape index (κ3) is 7.33. The third-order valence-corrected chi connectivity index (χ3v) is 2.42. The first-order chi connectivity index (χ1) is 9.38. The number of nitrogens with two attached hydrogens (primary N) is 1. The molecule has 1 atom stereocenters. The molecule has 1 rings (SSSR count). The van der Waals surface area contributed by atoms with Gasteiger partial charge in [-0.3, -0.25) is 0 Å². The van der Waals surface area contributed by atoms with E-state index in [0.717, 1.165) is 0 Å². The number of aliphatic hydroxyl groups is 1. The van der Waals surface area contributed by atoms with E-state index in [4.69, 9.17) is 19.9 Å². The van der Waals surface area contributed by atoms with Gasteiger partial charge in [0.15, 0.2) is 0 Å². The van der Waals surface area contributed by atoms with Crippen molar-refractivity contribution in [3.05, 3.63) is 24.3 Å². The Morgan fingerprint density at radius 2 is 1.85 bits per heavy atom. The van der Waals surface area contributed by atoms with Crippen LogP contribution >= 0.6 is 0 Å². The lowest BCUT2D eigenvalue weighted by molar-refractivity contribution is -0.0517. The maximum atomic E-state index is 9.73. The molecule has 5 heteroatoms. The predicted molar refractivity (Wildman–Crippen MR) is 78.9 cm³/mol. The number of anilines is 1. The van der Waals surface area contributed by atoms with Gasteiger partial charge in [-0.05, 0) is 32.9 Å². The molecule has 0 aromatic heterocycles. The number of hydrogen-bond donors (Lipinski definition) is 2. The van der Waals surface area contributed by atoms with Crippen molar-refractivity contribution in [1.82, 2.24) is 0 Å². The van der Waals surface area contributed by atoms with Crippen LogP contribution in [-0.2, 0) is 9.47 Å². The van der Waals surface area contributed by atoms with Gasteiger partial charge in [-0.1, -0.05) is 12.1 Å². The van der Waals surface area contributed by atoms with E-state index in [1.807, 2.05) is 32.9 Å². The summed E-state index contributed by atoms with van der Waals surface area (Å²) >= 11 is 0. The number of para-hydroxylation sites is 2. The molecule has 0 aliphatic rings. The lowest BCUT2D eigenvalue weighted by Crippen LogP contribution is -2.26. The number of benzene rings is 1. The van der Waals surface area contributed by atoms with E-state index in [0.29, 0.717) is 24.7 Å². The van der Waals surface area contributed by atoms with Gasteiger partial charge in [0.2, 0.25) is 0 Å². The van der Waals surface area contributed by atoms with Crippen molar-refractivity contribution in [2.75, 3.05) is 32.2 Å². The van der Waals surface area contributed by atoms with Crippen LogP contribution in [0.1, 0.15) is 20.8 Å². The van der Waals surface area contributed by atoms with Crippen LogP contribution in [0, 0.1) is 0 Å². The van der Waals surface area contributed by atoms with Gasteiger partial charge in [-0.2, -0.15) is 0 Å². The zero-order valence-corrected chi connectivity index (χ0v) is 12.5. The Morgan fingerprint density at radius 1 is 1.15 bits per heavy atom. The molecule has 0 heterocycles. The molecule has 0 aliphatic heterocycles. The second-order valence-electron chi connectivity index (χ2n) is 5.54. The number of rotatable bonds is 8. The van der Waals surface area contributed by atoms with E-state index in [1.54, 1.807) is 12.1 Å². The summed E-state index contributed by atoms with van der Waals surface area (Å²) in [6.45, 7) is 7.26. The van der Waals surface area contributed by atoms with Crippen molar-refractivity contribution in [3.8, 4) is 5.75 Å². The molecule has 0 fully saturated rings. The van der Waals surface area contributed by atoms with Crippen LogP contribution in [0.3, 0.4) is 0 Å². The summed E-state index contributed by atoms with van der Waals surface area (Å²) in [5.41, 5.74) is 6.12. The molecule has 1 unspecified atom stereocenters. The van der Waals surface area contributed by atoms with Gasteiger partial charge in [0, 0.05) is 0 Å². The van der Waals surface area contributed by atoms with Gasteiger partial charge < -0.3 is 25.1 Å². The summed E-state index contributed by atoms with van der Waals surface area (Å²) < 4.78 is 16.2. The van der Waals surface area contributed by atoms with Crippen molar-refractivity contribution in [1.29, 1.82) is 0 Å². The highest BCUT2D eigenvalue weighted by Gasteiger charge is 2.10. The summed E-state index contributed by atoms with van der Waals surface area (Å²) in [4.78, 5) is 0. The predicted octanol–water partition coefficient (Wildman–Crippen LogP) is 1.84. The van der Waals surface area contributed by atoms with E-state index in [1.165, 1.54) is 0 Å². The molecule has 5 nitrogen and oxygen atoms in total. The van der Waals surface area contributed by atoms with E-state index in [-0.39, 0.29) is 18.8 Å². The molecular formula is C15H25NO4. The molecule has 0 saturated heterocycles. The Labute approximate surface area is 120 Å². The van der Waals surface area contributed by atoms with E-state index in [9.17, 15) is 5.11 Å². The second kappa shape index (κ2) is 8.09. The fourth-order valence-electron chi connectivity index (χ4n) is 1.47. The zero-order chi connectivity index (χ0) is 15.0. The molecule has 1 aromatic carbocycles. The van der Waals surface area contributed by atoms with E-state index >= 15 is 0 Å². The van der Waals surface area contributed by atoms with Crippen molar-refractivity contribution in [2.24, 2.45) is 0 Å². The Balaban J connectivity index is 2.12. The Bertz CT molecular complexity index is 390. The van der Waals surface area contributed by atoms with E-state index < -0.39 is 6.10 Å². The summed E-state index contributed by atoms with van der Waals surface area (Å²) in [6, 6.07) is 7.18. The van der Waals surface area contributed by atoms with Crippen LogP contribution < -0.4 is 10.5 Å². The zero-order valence-electron chi connectivity index (χ0n) is 12.5. The molecule has 114 valence electrons. The van der Waals surface area contributed by atoms with Gasteiger partial charge in [0.25, 0.3) is 0 Å². The SMILES string of the molecule is CC(C)(C)OCCOCC(O)COc1ccccc1N. The fraction of sp³-hybridized carbons (Fsp3) is 0.600. The largest absolute Gasteiger partial charge is 0.489 e. The minimum absolute atomic E-state index is 0.147. The van der Waals surface area contributed by atoms with Crippen molar-refractivity contribution in [2.45, 2.75) is 32.5 Å². The number of ether oxygens (including phenoxy) is 3. The average molecular weight is 283 g/mol. The van der Waals surface area contributed by atoms with Gasteiger partial charge >= 0.3 is 0 Å². The summed E-state index contributed by atoms with van der Waals surface area (Å²) in [6.07, 6.45) is -0.691. The Hall–Kier alpha value is -1.30.